The fourth-order valence-electron chi connectivity index (χ4n) is 4.50. The molecule has 39 heavy (non-hydrogen) atoms. The van der Waals surface area contributed by atoms with E-state index >= 15 is 0 Å². The molecule has 1 aromatic rings. The highest BCUT2D eigenvalue weighted by molar-refractivity contribution is 6.63. The first-order valence-electron chi connectivity index (χ1n) is 12.3. The van der Waals surface area contributed by atoms with Gasteiger partial charge in [0.15, 0.2) is 0 Å². The lowest BCUT2D eigenvalue weighted by Crippen LogP contribution is -2.51. The summed E-state index contributed by atoms with van der Waals surface area (Å²) in [4.78, 5) is 22.5. The van der Waals surface area contributed by atoms with Crippen LogP contribution in [0.3, 0.4) is 0 Å². The van der Waals surface area contributed by atoms with Gasteiger partial charge in [-0.3, -0.25) is 9.69 Å². The Balaban J connectivity index is 0.000000360. The van der Waals surface area contributed by atoms with Gasteiger partial charge in [-0.05, 0) is 45.2 Å². The second-order valence-electron chi connectivity index (χ2n) is 9.98. The van der Waals surface area contributed by atoms with Gasteiger partial charge in [0, 0.05) is 25.2 Å². The van der Waals surface area contributed by atoms with Crippen molar-refractivity contribution in [3.05, 3.63) is 5.56 Å². The van der Waals surface area contributed by atoms with Crippen molar-refractivity contribution < 1.29 is 27.5 Å². The number of ether oxygens (including phenoxy) is 1. The summed E-state index contributed by atoms with van der Waals surface area (Å²) in [6, 6.07) is -0.0703. The number of carbonyl (C=O) groups excluding carboxylic acids is 2. The maximum atomic E-state index is 12.5. The highest BCUT2D eigenvalue weighted by atomic mass is 19.4. The van der Waals surface area contributed by atoms with Crippen LogP contribution in [0.2, 0.25) is 5.21 Å². The number of amides is 1. The van der Waals surface area contributed by atoms with Gasteiger partial charge in [-0.2, -0.15) is 13.2 Å². The predicted octanol–water partition coefficient (Wildman–Crippen LogP) is -3.40. The van der Waals surface area contributed by atoms with Gasteiger partial charge in [0.2, 0.25) is 6.41 Å². The summed E-state index contributed by atoms with van der Waals surface area (Å²) in [5.74, 6) is 0.440. The van der Waals surface area contributed by atoms with Crippen LogP contribution in [0.1, 0.15) is 31.7 Å². The Morgan fingerprint density at radius 2 is 1.69 bits per heavy atom. The van der Waals surface area contributed by atoms with E-state index in [1.807, 2.05) is 7.05 Å². The summed E-state index contributed by atoms with van der Waals surface area (Å²) in [5, 5.41) is -0.962. The molecule has 0 saturated carbocycles. The molecule has 1 amide bonds. The molecule has 2 aliphatic heterocycles. The molecule has 3 rings (SSSR count). The Kier molecular flexibility index (Phi) is 13.8. The number of nitrogens with zero attached hydrogens (tertiary/aromatic N) is 2. The van der Waals surface area contributed by atoms with Crippen LogP contribution in [-0.2, 0) is 16.0 Å². The molecule has 1 saturated heterocycles. The van der Waals surface area contributed by atoms with E-state index in [0.717, 1.165) is 12.8 Å². The third-order valence-corrected chi connectivity index (χ3v) is 6.72. The van der Waals surface area contributed by atoms with Crippen molar-refractivity contribution >= 4 is 81.6 Å². The minimum Gasteiger partial charge on any atom is -0.495 e. The zero-order valence-corrected chi connectivity index (χ0v) is 22.4. The summed E-state index contributed by atoms with van der Waals surface area (Å²) >= 11 is 0. The van der Waals surface area contributed by atoms with Crippen LogP contribution in [0.4, 0.5) is 13.2 Å². The van der Waals surface area contributed by atoms with Crippen LogP contribution in [0, 0.1) is 0 Å². The zero-order valence-electron chi connectivity index (χ0n) is 22.4. The van der Waals surface area contributed by atoms with E-state index in [4.69, 9.17) is 62.3 Å². The van der Waals surface area contributed by atoms with E-state index in [9.17, 15) is 18.0 Å². The predicted molar refractivity (Wildman–Crippen MR) is 153 cm³/mol. The van der Waals surface area contributed by atoms with E-state index in [2.05, 4.69) is 17.6 Å². The van der Waals surface area contributed by atoms with Crippen LogP contribution >= 0.6 is 0 Å². The molecule has 16 heteroatoms. The standard InChI is InChI=1S/C13H24F3N3O.C9H4B6O.CH3NO/c1-10-3-4-12(18(10)2)5-6-19(7-11(17)8-20)9-13(14,15)16;10-4-3-1-9(14,15)2-16-8(3)7(13)6(12)5(4)11;2-1-3/h8,10-12H,3-7,9,17H2,1-2H3;1-2H2;1H,(H2,2,3). The quantitative estimate of drug-likeness (QED) is 0.280. The Morgan fingerprint density at radius 1 is 1.13 bits per heavy atom. The monoisotopic (exact) mass is 534 g/mol. The molecule has 3 unspecified atom stereocenters. The third-order valence-electron chi connectivity index (χ3n) is 6.72. The second kappa shape index (κ2) is 15.3. The molecule has 0 aliphatic carbocycles. The molecule has 3 atom stereocenters. The van der Waals surface area contributed by atoms with Gasteiger partial charge in [-0.25, -0.2) is 0 Å². The highest BCUT2D eigenvalue weighted by Crippen LogP contribution is 2.31. The summed E-state index contributed by atoms with van der Waals surface area (Å²) in [5.41, 5.74) is 11.3. The third kappa shape index (κ3) is 11.0. The van der Waals surface area contributed by atoms with Gasteiger partial charge in [-0.1, -0.05) is 16.1 Å². The Labute approximate surface area is 237 Å². The van der Waals surface area contributed by atoms with Crippen LogP contribution in [0.5, 0.6) is 5.75 Å². The zero-order chi connectivity index (χ0) is 30.1. The number of alkyl halides is 3. The van der Waals surface area contributed by atoms with Crippen LogP contribution in [0.15, 0.2) is 0 Å². The fourth-order valence-corrected chi connectivity index (χ4v) is 4.50. The molecule has 2 heterocycles. The molecule has 200 valence electrons. The Bertz CT molecular complexity index is 974. The minimum absolute atomic E-state index is 0.0466. The molecule has 2 aliphatic rings. The van der Waals surface area contributed by atoms with Crippen LogP contribution in [0.25, 0.3) is 0 Å². The topological polar surface area (TPSA) is 102 Å². The maximum Gasteiger partial charge on any atom is 0.401 e. The maximum absolute atomic E-state index is 12.5. The molecule has 1 aromatic carbocycles. The number of hydrogen-bond acceptors (Lipinski definition) is 6. The van der Waals surface area contributed by atoms with Crippen molar-refractivity contribution in [1.82, 2.24) is 9.80 Å². The lowest BCUT2D eigenvalue weighted by atomic mass is 9.50. The summed E-state index contributed by atoms with van der Waals surface area (Å²) in [6.45, 7) is 1.53. The Morgan fingerprint density at radius 3 is 2.18 bits per heavy atom. The molecule has 4 N–H and O–H groups in total. The highest BCUT2D eigenvalue weighted by Gasteiger charge is 2.33. The van der Waals surface area contributed by atoms with Gasteiger partial charge in [0.05, 0.1) is 34.9 Å². The second-order valence-corrected chi connectivity index (χ2v) is 9.98. The number of hydrogen-bond donors (Lipinski definition) is 2. The molecule has 1 fully saturated rings. The fraction of sp³-hybridized carbons (Fsp3) is 0.652. The molecule has 0 aromatic heterocycles. The average Bonchev–Trinajstić information content (AvgIpc) is 3.16. The molecular weight excluding hydrogens is 502 g/mol. The smallest absolute Gasteiger partial charge is 0.401 e. The molecule has 12 radical (unpaired) electrons. The van der Waals surface area contributed by atoms with E-state index in [-0.39, 0.29) is 36.0 Å². The number of fused-ring (bicyclic) bond motifs is 1. The summed E-state index contributed by atoms with van der Waals surface area (Å²) in [7, 11) is 36.6. The van der Waals surface area contributed by atoms with Crippen LogP contribution < -0.4 is 38.1 Å². The van der Waals surface area contributed by atoms with Gasteiger partial charge in [0.1, 0.15) is 43.4 Å². The summed E-state index contributed by atoms with van der Waals surface area (Å²) < 4.78 is 43.0. The lowest BCUT2D eigenvalue weighted by Gasteiger charge is -2.36. The Hall–Kier alpha value is -1.78. The average molecular weight is 533 g/mol. The van der Waals surface area contributed by atoms with Crippen molar-refractivity contribution in [3.8, 4) is 5.75 Å². The first-order valence-corrected chi connectivity index (χ1v) is 12.3. The van der Waals surface area contributed by atoms with Crippen molar-refractivity contribution in [2.24, 2.45) is 11.5 Å². The lowest BCUT2D eigenvalue weighted by molar-refractivity contribution is -0.147. The van der Waals surface area contributed by atoms with Crippen molar-refractivity contribution in [2.45, 2.75) is 62.1 Å². The first-order chi connectivity index (χ1) is 18.0. The SMILES string of the molecule is CC1CCC(CCN(CC(N)C=O)CC(F)(F)F)N1C.NC=O.[B]c1c([B])c([B])c2c(c1[B])CC([B])([B])CO2. The normalized spacial score (nSPS) is 20.9. The van der Waals surface area contributed by atoms with Crippen molar-refractivity contribution in [2.75, 3.05) is 33.3 Å². The van der Waals surface area contributed by atoms with Gasteiger partial charge >= 0.3 is 6.18 Å². The molecule has 7 nitrogen and oxygen atoms in total. The van der Waals surface area contributed by atoms with E-state index < -0.39 is 24.0 Å². The molecule has 0 bridgehead atoms. The number of nitrogens with two attached hydrogens (primary N) is 2. The number of benzene rings is 1. The number of primary amides is 1. The number of carbonyl (C=O) groups is 2. The largest absolute Gasteiger partial charge is 0.495 e. The van der Waals surface area contributed by atoms with E-state index in [0.29, 0.717) is 54.5 Å². The number of likely N-dealkylation sites (tertiary alicyclic amines) is 1. The first kappa shape index (κ1) is 35.2. The number of halogens is 3. The summed E-state index contributed by atoms with van der Waals surface area (Å²) in [6.07, 6.45) is -0.415. The molecule has 0 spiro atoms. The van der Waals surface area contributed by atoms with Gasteiger partial charge in [0.25, 0.3) is 0 Å². The number of rotatable bonds is 7. The minimum atomic E-state index is -4.27. The van der Waals surface area contributed by atoms with E-state index in [1.54, 1.807) is 0 Å². The van der Waals surface area contributed by atoms with E-state index in [1.165, 1.54) is 4.90 Å². The van der Waals surface area contributed by atoms with Crippen LogP contribution in [-0.4, -0.2) is 127 Å². The van der Waals surface area contributed by atoms with Crippen molar-refractivity contribution in [3.63, 3.8) is 0 Å². The van der Waals surface area contributed by atoms with Gasteiger partial charge < -0.3 is 25.9 Å². The molecular formula is C23H31B6F3N4O3. The van der Waals surface area contributed by atoms with Gasteiger partial charge in [-0.15, -0.1) is 10.9 Å². The van der Waals surface area contributed by atoms with Crippen molar-refractivity contribution in [1.29, 1.82) is 0 Å². The number of aldehydes is 1.